The molecule has 3 saturated heterocycles. The van der Waals surface area contributed by atoms with Crippen LogP contribution in [0, 0.1) is 0 Å². The Morgan fingerprint density at radius 1 is 0.685 bits per heavy atom. The van der Waals surface area contributed by atoms with E-state index in [4.69, 9.17) is 33.2 Å². The average molecular weight is 773 g/mol. The number of esters is 1. The van der Waals surface area contributed by atoms with Crippen LogP contribution in [0.5, 0.6) is 23.0 Å². The van der Waals surface area contributed by atoms with Crippen molar-refractivity contribution in [2.45, 2.75) is 92.4 Å². The number of carbonyl (C=O) groups excluding carboxylic acids is 1. The van der Waals surface area contributed by atoms with Crippen molar-refractivity contribution in [3.8, 4) is 23.0 Å². The van der Waals surface area contributed by atoms with E-state index in [1.54, 1.807) is 0 Å². The van der Waals surface area contributed by atoms with Gasteiger partial charge >= 0.3 is 5.97 Å². The van der Waals surface area contributed by atoms with Gasteiger partial charge in [-0.1, -0.05) is 12.1 Å². The van der Waals surface area contributed by atoms with Crippen LogP contribution in [0.1, 0.15) is 11.1 Å². The maximum absolute atomic E-state index is 13.1. The molecule has 0 aromatic heterocycles. The summed E-state index contributed by atoms with van der Waals surface area (Å²) in [5, 5.41) is 123. The predicted molar refractivity (Wildman–Crippen MR) is 175 cm³/mol. The zero-order valence-electron chi connectivity index (χ0n) is 28.4. The second-order valence-corrected chi connectivity index (χ2v) is 12.8. The third-order valence-corrected chi connectivity index (χ3v) is 9.03. The van der Waals surface area contributed by atoms with Gasteiger partial charge in [-0.3, -0.25) is 0 Å². The normalized spacial score (nSPS) is 35.9. The van der Waals surface area contributed by atoms with Crippen LogP contribution in [0.25, 0.3) is 6.08 Å². The summed E-state index contributed by atoms with van der Waals surface area (Å²) in [5.74, 6) is -2.68. The average Bonchev–Trinajstić information content (AvgIpc) is 3.15. The van der Waals surface area contributed by atoms with Crippen molar-refractivity contribution < 1.29 is 99.2 Å². The van der Waals surface area contributed by atoms with Crippen LogP contribution in [0.3, 0.4) is 0 Å². The van der Waals surface area contributed by atoms with Crippen LogP contribution in [0.15, 0.2) is 42.5 Å². The van der Waals surface area contributed by atoms with E-state index in [0.29, 0.717) is 5.56 Å². The molecule has 0 unspecified atom stereocenters. The first-order valence-corrected chi connectivity index (χ1v) is 16.8. The fourth-order valence-corrected chi connectivity index (χ4v) is 6.00. The Bertz CT molecular complexity index is 1570. The summed E-state index contributed by atoms with van der Waals surface area (Å²) in [6.45, 7) is -2.38. The first kappa shape index (κ1) is 41.5. The molecular weight excluding hydrogens is 728 g/mol. The standard InChI is InChI=1S/C34H44O20/c35-11-21-25(44)26(45)31(54-32-27(46)24(43)20(41)13-49-32)34(50-21)53-30-28(47)33(48-8-7-15-2-5-17(38)19(40)10-15)51-22(12-36)29(30)52-23(42)6-3-14-1-4-16(37)18(39)9-14/h1-6,9-10,20-22,24-41,43-47H,7-8,11-13H2/b6-3-/t20-,21-,22-,24+,25+,26-,27-,28+,29-,30+,31+,32+,33-,34+/m0/s1. The molecule has 12 N–H and O–H groups in total. The van der Waals surface area contributed by atoms with E-state index in [9.17, 15) is 66.1 Å². The third kappa shape index (κ3) is 9.56. The molecule has 3 heterocycles. The van der Waals surface area contributed by atoms with Gasteiger partial charge in [0.2, 0.25) is 0 Å². The summed E-state index contributed by atoms with van der Waals surface area (Å²) in [4.78, 5) is 13.1. The lowest BCUT2D eigenvalue weighted by Crippen LogP contribution is -2.67. The Kier molecular flexibility index (Phi) is 14.0. The van der Waals surface area contributed by atoms with Crippen molar-refractivity contribution in [1.29, 1.82) is 0 Å². The first-order chi connectivity index (χ1) is 25.7. The van der Waals surface area contributed by atoms with Gasteiger partial charge in [-0.05, 0) is 47.9 Å². The highest BCUT2D eigenvalue weighted by molar-refractivity contribution is 5.87. The van der Waals surface area contributed by atoms with Crippen molar-refractivity contribution in [3.05, 3.63) is 53.6 Å². The molecule has 20 nitrogen and oxygen atoms in total. The number of ether oxygens (including phenoxy) is 7. The monoisotopic (exact) mass is 772 g/mol. The Balaban J connectivity index is 1.41. The number of rotatable bonds is 13. The van der Waals surface area contributed by atoms with Gasteiger partial charge in [0.1, 0.15) is 61.0 Å². The molecule has 300 valence electrons. The third-order valence-electron chi connectivity index (χ3n) is 9.03. The van der Waals surface area contributed by atoms with Gasteiger partial charge in [0.15, 0.2) is 48.0 Å². The highest BCUT2D eigenvalue weighted by atomic mass is 16.8. The van der Waals surface area contributed by atoms with Gasteiger partial charge in [-0.2, -0.15) is 0 Å². The molecular formula is C34H44O20. The van der Waals surface area contributed by atoms with Crippen molar-refractivity contribution in [2.75, 3.05) is 26.4 Å². The summed E-state index contributed by atoms with van der Waals surface area (Å²) >= 11 is 0. The molecule has 2 aromatic carbocycles. The van der Waals surface area contributed by atoms with Crippen LogP contribution in [0.2, 0.25) is 0 Å². The molecule has 0 saturated carbocycles. The number of hydrogen-bond donors (Lipinski definition) is 12. The zero-order chi connectivity index (χ0) is 39.3. The van der Waals surface area contributed by atoms with E-state index in [-0.39, 0.29) is 30.1 Å². The number of carbonyl (C=O) groups is 1. The molecule has 20 heteroatoms. The van der Waals surface area contributed by atoms with Crippen LogP contribution in [-0.4, -0.2) is 180 Å². The van der Waals surface area contributed by atoms with E-state index >= 15 is 0 Å². The maximum atomic E-state index is 13.1. The summed E-state index contributed by atoms with van der Waals surface area (Å²) in [6, 6.07) is 7.75. The lowest BCUT2D eigenvalue weighted by atomic mass is 9.96. The van der Waals surface area contributed by atoms with Gasteiger partial charge < -0.3 is 94.4 Å². The van der Waals surface area contributed by atoms with Crippen LogP contribution >= 0.6 is 0 Å². The molecule has 0 spiro atoms. The molecule has 3 fully saturated rings. The molecule has 3 aliphatic heterocycles. The minimum Gasteiger partial charge on any atom is -0.504 e. The molecule has 0 radical (unpaired) electrons. The Labute approximate surface area is 306 Å². The predicted octanol–water partition coefficient (Wildman–Crippen LogP) is -3.58. The van der Waals surface area contributed by atoms with E-state index in [1.807, 2.05) is 0 Å². The Hall–Kier alpha value is -3.71. The van der Waals surface area contributed by atoms with E-state index in [2.05, 4.69) is 0 Å². The van der Waals surface area contributed by atoms with Crippen LogP contribution in [-0.2, 0) is 44.4 Å². The van der Waals surface area contributed by atoms with Crippen molar-refractivity contribution in [2.24, 2.45) is 0 Å². The number of phenols is 4. The number of aliphatic hydroxyl groups is 8. The van der Waals surface area contributed by atoms with Gasteiger partial charge in [0.05, 0.1) is 26.4 Å². The quantitative estimate of drug-likeness (QED) is 0.0532. The zero-order valence-corrected chi connectivity index (χ0v) is 28.4. The lowest BCUT2D eigenvalue weighted by Gasteiger charge is -2.48. The lowest BCUT2D eigenvalue weighted by molar-refractivity contribution is -0.383. The van der Waals surface area contributed by atoms with Gasteiger partial charge in [-0.25, -0.2) is 4.79 Å². The summed E-state index contributed by atoms with van der Waals surface area (Å²) < 4.78 is 39.8. The van der Waals surface area contributed by atoms with E-state index in [1.165, 1.54) is 36.4 Å². The molecule has 5 rings (SSSR count). The molecule has 0 aliphatic carbocycles. The SMILES string of the molecule is O=C(/C=C\c1ccc(O)c(O)c1)O[C@@H]1[C@H](O[C@H]2O[C@@H](CO)[C@@H](O)[C@H](O)[C@H]2O[C@H]2OC[C@H](O)[C@@H](O)[C@@H]2O)[C@@H](O)[C@@H](OCCc2ccc(O)c(O)c2)O[C@H]1CO. The van der Waals surface area contributed by atoms with E-state index in [0.717, 1.165) is 12.1 Å². The Morgan fingerprint density at radius 2 is 1.33 bits per heavy atom. The number of phenolic OH excluding ortho intramolecular Hbond substituents is 4. The van der Waals surface area contributed by atoms with E-state index < -0.39 is 123 Å². The highest BCUT2D eigenvalue weighted by Crippen LogP contribution is 2.34. The molecule has 3 aliphatic rings. The summed E-state index contributed by atoms with van der Waals surface area (Å²) in [6.07, 6.45) is -21.9. The second kappa shape index (κ2) is 18.3. The van der Waals surface area contributed by atoms with Gasteiger partial charge in [0.25, 0.3) is 0 Å². The number of benzene rings is 2. The maximum Gasteiger partial charge on any atom is 0.331 e. The van der Waals surface area contributed by atoms with Gasteiger partial charge in [-0.15, -0.1) is 0 Å². The molecule has 14 atom stereocenters. The minimum absolute atomic E-state index is 0.125. The Morgan fingerprint density at radius 3 is 2.00 bits per heavy atom. The number of aliphatic hydroxyl groups excluding tert-OH is 8. The largest absolute Gasteiger partial charge is 0.504 e. The molecule has 54 heavy (non-hydrogen) atoms. The number of aromatic hydroxyl groups is 4. The van der Waals surface area contributed by atoms with Crippen LogP contribution < -0.4 is 0 Å². The summed E-state index contributed by atoms with van der Waals surface area (Å²) in [5.41, 5.74) is 0.789. The molecule has 0 amide bonds. The summed E-state index contributed by atoms with van der Waals surface area (Å²) in [7, 11) is 0. The second-order valence-electron chi connectivity index (χ2n) is 12.8. The first-order valence-electron chi connectivity index (χ1n) is 16.8. The van der Waals surface area contributed by atoms with Crippen molar-refractivity contribution in [3.63, 3.8) is 0 Å². The van der Waals surface area contributed by atoms with Crippen LogP contribution in [0.4, 0.5) is 0 Å². The topological polar surface area (TPSA) is 324 Å². The molecule has 0 bridgehead atoms. The van der Waals surface area contributed by atoms with Gasteiger partial charge in [0, 0.05) is 6.08 Å². The number of hydrogen-bond acceptors (Lipinski definition) is 20. The highest BCUT2D eigenvalue weighted by Gasteiger charge is 2.54. The molecule has 2 aromatic rings. The fourth-order valence-electron chi connectivity index (χ4n) is 6.00. The minimum atomic E-state index is -1.94. The van der Waals surface area contributed by atoms with Crippen molar-refractivity contribution in [1.82, 2.24) is 0 Å². The smallest absolute Gasteiger partial charge is 0.331 e. The van der Waals surface area contributed by atoms with Crippen molar-refractivity contribution >= 4 is 12.0 Å². The fraction of sp³-hybridized carbons (Fsp3) is 0.559.